The van der Waals surface area contributed by atoms with Crippen molar-refractivity contribution in [2.24, 2.45) is 0 Å². The molecule has 30 heavy (non-hydrogen) atoms. The molecule has 0 fully saturated rings. The van der Waals surface area contributed by atoms with Gasteiger partial charge in [0.05, 0.1) is 26.2 Å². The van der Waals surface area contributed by atoms with E-state index < -0.39 is 10.0 Å². The lowest BCUT2D eigenvalue weighted by Crippen LogP contribution is -2.24. The van der Waals surface area contributed by atoms with Crippen LogP contribution in [0.5, 0.6) is 17.2 Å². The van der Waals surface area contributed by atoms with Gasteiger partial charge in [0.25, 0.3) is 0 Å². The molecular weight excluding hydrogens is 409 g/mol. The lowest BCUT2D eigenvalue weighted by molar-refractivity contribution is 0.354. The summed E-state index contributed by atoms with van der Waals surface area (Å²) in [6.07, 6.45) is 0. The molecule has 0 radical (unpaired) electrons. The van der Waals surface area contributed by atoms with Crippen molar-refractivity contribution in [2.75, 3.05) is 21.3 Å². The third-order valence-corrected chi connectivity index (χ3v) is 6.00. The number of nitrogens with one attached hydrogen (secondary N) is 1. The van der Waals surface area contributed by atoms with E-state index in [1.807, 2.05) is 0 Å². The molecule has 0 aliphatic carbocycles. The van der Waals surface area contributed by atoms with Crippen molar-refractivity contribution < 1.29 is 27.0 Å². The van der Waals surface area contributed by atoms with E-state index in [1.165, 1.54) is 44.6 Å². The first-order valence-corrected chi connectivity index (χ1v) is 10.5. The van der Waals surface area contributed by atoms with Crippen LogP contribution in [0.15, 0.2) is 65.6 Å². The van der Waals surface area contributed by atoms with Crippen LogP contribution in [-0.4, -0.2) is 29.7 Å². The summed E-state index contributed by atoms with van der Waals surface area (Å²) in [6, 6.07) is 15.7. The van der Waals surface area contributed by atoms with Crippen molar-refractivity contribution in [3.63, 3.8) is 0 Å². The Bertz CT molecular complexity index is 1110. The molecule has 8 heteroatoms. The fourth-order valence-electron chi connectivity index (χ4n) is 2.94. The molecule has 158 valence electrons. The van der Waals surface area contributed by atoms with Gasteiger partial charge in [0, 0.05) is 18.2 Å². The zero-order chi connectivity index (χ0) is 21.7. The van der Waals surface area contributed by atoms with Gasteiger partial charge < -0.3 is 14.2 Å². The highest BCUT2D eigenvalue weighted by Gasteiger charge is 2.23. The Morgan fingerprint density at radius 3 is 2.00 bits per heavy atom. The molecule has 0 bridgehead atoms. The van der Waals surface area contributed by atoms with Gasteiger partial charge >= 0.3 is 0 Å². The third-order valence-electron chi connectivity index (χ3n) is 4.56. The summed E-state index contributed by atoms with van der Waals surface area (Å²) in [4.78, 5) is 0.0347. The molecule has 3 aromatic rings. The van der Waals surface area contributed by atoms with Crippen molar-refractivity contribution in [3.8, 4) is 28.4 Å². The van der Waals surface area contributed by atoms with Gasteiger partial charge in [0.15, 0.2) is 11.5 Å². The van der Waals surface area contributed by atoms with E-state index in [0.717, 1.165) is 0 Å². The van der Waals surface area contributed by atoms with E-state index >= 15 is 0 Å². The molecule has 0 aliphatic heterocycles. The highest BCUT2D eigenvalue weighted by atomic mass is 32.2. The lowest BCUT2D eigenvalue weighted by Gasteiger charge is -2.16. The number of rotatable bonds is 8. The maximum absolute atomic E-state index is 13.2. The second kappa shape index (κ2) is 9.15. The van der Waals surface area contributed by atoms with E-state index in [9.17, 15) is 12.8 Å². The predicted molar refractivity (Wildman–Crippen MR) is 112 cm³/mol. The predicted octanol–water partition coefficient (Wildman–Crippen LogP) is 4.00. The monoisotopic (exact) mass is 431 g/mol. The Morgan fingerprint density at radius 1 is 0.833 bits per heavy atom. The maximum Gasteiger partial charge on any atom is 0.241 e. The molecule has 0 spiro atoms. The second-order valence-electron chi connectivity index (χ2n) is 6.38. The van der Waals surface area contributed by atoms with Crippen molar-refractivity contribution >= 4 is 10.0 Å². The van der Waals surface area contributed by atoms with Gasteiger partial charge in [0.1, 0.15) is 11.6 Å². The molecule has 0 amide bonds. The summed E-state index contributed by atoms with van der Waals surface area (Å²) in [7, 11) is 0.546. The van der Waals surface area contributed by atoms with Crippen molar-refractivity contribution in [3.05, 3.63) is 72.0 Å². The normalized spacial score (nSPS) is 11.2. The van der Waals surface area contributed by atoms with Crippen LogP contribution in [0.25, 0.3) is 11.1 Å². The average Bonchev–Trinajstić information content (AvgIpc) is 2.77. The average molecular weight is 431 g/mol. The number of ether oxygens (including phenoxy) is 3. The van der Waals surface area contributed by atoms with E-state index in [4.69, 9.17) is 14.2 Å². The lowest BCUT2D eigenvalue weighted by atomic mass is 10.0. The number of hydrogen-bond acceptors (Lipinski definition) is 5. The van der Waals surface area contributed by atoms with E-state index in [2.05, 4.69) is 4.72 Å². The highest BCUT2D eigenvalue weighted by molar-refractivity contribution is 7.89. The Kier molecular flexibility index (Phi) is 6.59. The van der Waals surface area contributed by atoms with E-state index in [1.54, 1.807) is 37.4 Å². The van der Waals surface area contributed by atoms with Crippen LogP contribution >= 0.6 is 0 Å². The van der Waals surface area contributed by atoms with E-state index in [0.29, 0.717) is 28.2 Å². The Balaban J connectivity index is 2.04. The summed E-state index contributed by atoms with van der Waals surface area (Å²) < 4.78 is 57.8. The van der Waals surface area contributed by atoms with Crippen LogP contribution in [0, 0.1) is 5.82 Å². The first-order valence-electron chi connectivity index (χ1n) is 9.02. The van der Waals surface area contributed by atoms with Crippen LogP contribution in [0.1, 0.15) is 5.56 Å². The van der Waals surface area contributed by atoms with Gasteiger partial charge in [-0.1, -0.05) is 24.3 Å². The smallest absolute Gasteiger partial charge is 0.241 e. The number of sulfonamides is 1. The number of benzene rings is 3. The van der Waals surface area contributed by atoms with Gasteiger partial charge in [-0.3, -0.25) is 0 Å². The maximum atomic E-state index is 13.2. The third kappa shape index (κ3) is 4.72. The fraction of sp³-hybridized carbons (Fsp3) is 0.182. The van der Waals surface area contributed by atoms with Crippen molar-refractivity contribution in [2.45, 2.75) is 11.4 Å². The van der Waals surface area contributed by atoms with Crippen LogP contribution in [0.2, 0.25) is 0 Å². The Morgan fingerprint density at radius 2 is 1.43 bits per heavy atom. The first-order chi connectivity index (χ1) is 14.4. The Labute approximate surface area is 175 Å². The molecule has 0 saturated heterocycles. The molecular formula is C22H22FNO5S. The molecule has 3 aromatic carbocycles. The molecule has 0 saturated carbocycles. The second-order valence-corrected chi connectivity index (χ2v) is 8.12. The fourth-order valence-corrected chi connectivity index (χ4v) is 4.18. The van der Waals surface area contributed by atoms with E-state index in [-0.39, 0.29) is 23.0 Å². The molecule has 3 rings (SSSR count). The van der Waals surface area contributed by atoms with Gasteiger partial charge in [-0.15, -0.1) is 0 Å². The minimum Gasteiger partial charge on any atom is -0.497 e. The summed E-state index contributed by atoms with van der Waals surface area (Å²) >= 11 is 0. The summed E-state index contributed by atoms with van der Waals surface area (Å²) in [5, 5.41) is 0. The minimum absolute atomic E-state index is 0.0129. The molecule has 6 nitrogen and oxygen atoms in total. The molecule has 0 heterocycles. The molecule has 0 atom stereocenters. The number of methoxy groups -OCH3 is 3. The molecule has 1 N–H and O–H groups in total. The van der Waals surface area contributed by atoms with Gasteiger partial charge in [-0.25, -0.2) is 17.5 Å². The quantitative estimate of drug-likeness (QED) is 0.584. The van der Waals surface area contributed by atoms with Gasteiger partial charge in [0.2, 0.25) is 10.0 Å². The zero-order valence-electron chi connectivity index (χ0n) is 16.8. The summed E-state index contributed by atoms with van der Waals surface area (Å²) in [5.41, 5.74) is 1.74. The molecule has 0 aliphatic rings. The van der Waals surface area contributed by atoms with Gasteiger partial charge in [-0.2, -0.15) is 0 Å². The topological polar surface area (TPSA) is 73.9 Å². The zero-order valence-corrected chi connectivity index (χ0v) is 17.6. The Hall–Kier alpha value is -3.10. The largest absolute Gasteiger partial charge is 0.497 e. The van der Waals surface area contributed by atoms with Gasteiger partial charge in [-0.05, 0) is 41.5 Å². The molecule has 0 unspecified atom stereocenters. The highest BCUT2D eigenvalue weighted by Crippen LogP contribution is 2.38. The van der Waals surface area contributed by atoms with Crippen LogP contribution in [-0.2, 0) is 16.6 Å². The van der Waals surface area contributed by atoms with Crippen molar-refractivity contribution in [1.82, 2.24) is 4.72 Å². The summed E-state index contributed by atoms with van der Waals surface area (Å²) in [6.45, 7) is 0.0129. The van der Waals surface area contributed by atoms with Crippen LogP contribution in [0.3, 0.4) is 0 Å². The minimum atomic E-state index is -3.93. The SMILES string of the molecule is COc1ccc(-c2cc(OC)c(OC)cc2S(=O)(=O)NCc2ccc(F)cc2)cc1. The number of hydrogen-bond donors (Lipinski definition) is 1. The molecule has 0 aromatic heterocycles. The van der Waals surface area contributed by atoms with Crippen LogP contribution in [0.4, 0.5) is 4.39 Å². The summed E-state index contributed by atoms with van der Waals surface area (Å²) in [5.74, 6) is 0.957. The standard InChI is InChI=1S/C22H22FNO5S/c1-27-18-10-6-16(7-11-18)19-12-20(28-2)21(29-3)13-22(19)30(25,26)24-14-15-4-8-17(23)9-5-15/h4-13,24H,14H2,1-3H3. The number of halogens is 1. The van der Waals surface area contributed by atoms with Crippen molar-refractivity contribution in [1.29, 1.82) is 0 Å². The first kappa shape index (κ1) is 21.6. The van der Waals surface area contributed by atoms with Crippen LogP contribution < -0.4 is 18.9 Å².